The van der Waals surface area contributed by atoms with E-state index in [1.165, 1.54) is 0 Å². The van der Waals surface area contributed by atoms with Crippen molar-refractivity contribution < 1.29 is 50.6 Å². The van der Waals surface area contributed by atoms with Crippen LogP contribution in [0.5, 0.6) is 0 Å². The number of carbonyl (C=O) groups is 4. The molecule has 0 aliphatic carbocycles. The lowest BCUT2D eigenvalue weighted by molar-refractivity contribution is -0.208. The Kier molecular flexibility index (Phi) is 10.4. The van der Waals surface area contributed by atoms with Crippen LogP contribution in [-0.2, 0) is 19.2 Å². The molecule has 5 N–H and O–H groups in total. The number of nitrogens with two attached hydrogens (primary N) is 2. The van der Waals surface area contributed by atoms with Crippen molar-refractivity contribution in [1.29, 1.82) is 0 Å². The number of imide groups is 1. The van der Waals surface area contributed by atoms with Crippen molar-refractivity contribution in [3.05, 3.63) is 0 Å². The first-order valence-electron chi connectivity index (χ1n) is 8.87. The highest BCUT2D eigenvalue weighted by atomic mass is 19.4. The summed E-state index contributed by atoms with van der Waals surface area (Å²) in [7, 11) is 0. The molecule has 14 heteroatoms. The summed E-state index contributed by atoms with van der Waals surface area (Å²) in [6.45, 7) is -0.0275. The molecule has 0 radical (unpaired) electrons. The molecule has 2 amide bonds. The van der Waals surface area contributed by atoms with Crippen LogP contribution < -0.4 is 11.5 Å². The fourth-order valence-electron chi connectivity index (χ4n) is 2.72. The number of carboxylic acids is 1. The predicted molar refractivity (Wildman–Crippen MR) is 89.8 cm³/mol. The van der Waals surface area contributed by atoms with E-state index in [2.05, 4.69) is 0 Å². The van der Waals surface area contributed by atoms with Crippen molar-refractivity contribution in [2.24, 2.45) is 11.5 Å². The molecular formula is C16H23F6N3O5. The summed E-state index contributed by atoms with van der Waals surface area (Å²) in [6.07, 6.45) is -14.5. The Labute approximate surface area is 167 Å². The van der Waals surface area contributed by atoms with Crippen LogP contribution in [0, 0.1) is 0 Å². The van der Waals surface area contributed by atoms with Gasteiger partial charge in [-0.3, -0.25) is 14.4 Å². The van der Waals surface area contributed by atoms with E-state index < -0.39 is 65.6 Å². The molecule has 1 atom stereocenters. The Morgan fingerprint density at radius 3 is 1.67 bits per heavy atom. The van der Waals surface area contributed by atoms with E-state index in [0.717, 1.165) is 0 Å². The van der Waals surface area contributed by atoms with Gasteiger partial charge in [0.2, 0.25) is 11.4 Å². The van der Waals surface area contributed by atoms with Crippen LogP contribution in [0.1, 0.15) is 44.9 Å². The van der Waals surface area contributed by atoms with Gasteiger partial charge in [-0.25, -0.2) is 9.69 Å². The summed E-state index contributed by atoms with van der Waals surface area (Å²) < 4.78 is 78.7. The molecule has 30 heavy (non-hydrogen) atoms. The number of hydrogen-bond acceptors (Lipinski definition) is 6. The molecule has 8 nitrogen and oxygen atoms in total. The standard InChI is InChI=1S/C16H23F6N3O5/c17-15(18,19)11(27)14(13(29)30,7-3-5-9-24)25(12(28)16(20,21)22)10(26)6-2-1-4-8-23/h1-9,23-24H2,(H,29,30)/t14-/m1/s1. The van der Waals surface area contributed by atoms with Gasteiger partial charge in [0.15, 0.2) is 0 Å². The first kappa shape index (κ1) is 27.8. The van der Waals surface area contributed by atoms with Gasteiger partial charge in [0.05, 0.1) is 0 Å². The van der Waals surface area contributed by atoms with Crippen LogP contribution in [-0.4, -0.2) is 64.6 Å². The molecule has 0 aromatic carbocycles. The predicted octanol–water partition coefficient (Wildman–Crippen LogP) is 1.51. The van der Waals surface area contributed by atoms with Crippen LogP contribution in [0.3, 0.4) is 0 Å². The van der Waals surface area contributed by atoms with Crippen molar-refractivity contribution in [2.75, 3.05) is 13.1 Å². The molecule has 174 valence electrons. The second-order valence-electron chi connectivity index (χ2n) is 6.37. The SMILES string of the molecule is NCCCCCC(=O)N(C(=O)C(F)(F)F)[C@@](CCCCN)(C(=O)O)C(=O)C(F)(F)F. The number of aliphatic carboxylic acids is 1. The van der Waals surface area contributed by atoms with Gasteiger partial charge in [0, 0.05) is 6.42 Å². The van der Waals surface area contributed by atoms with E-state index in [1.807, 2.05) is 0 Å². The number of nitrogens with zero attached hydrogens (tertiary/aromatic N) is 1. The number of hydrogen-bond donors (Lipinski definition) is 3. The number of halogens is 6. The molecule has 0 aliphatic heterocycles. The summed E-state index contributed by atoms with van der Waals surface area (Å²) >= 11 is 0. The third-order valence-electron chi connectivity index (χ3n) is 4.15. The number of Topliss-reactive ketones (excluding diaryl/α,β-unsaturated/α-hetero) is 1. The number of amides is 2. The Morgan fingerprint density at radius 1 is 0.767 bits per heavy atom. The van der Waals surface area contributed by atoms with Crippen molar-refractivity contribution >= 4 is 23.6 Å². The van der Waals surface area contributed by atoms with Crippen molar-refractivity contribution in [3.8, 4) is 0 Å². The topological polar surface area (TPSA) is 144 Å². The highest BCUT2D eigenvalue weighted by molar-refractivity contribution is 6.17. The molecule has 0 fully saturated rings. The fraction of sp³-hybridized carbons (Fsp3) is 0.750. The highest BCUT2D eigenvalue weighted by Crippen LogP contribution is 2.36. The molecular weight excluding hydrogens is 428 g/mol. The largest absolute Gasteiger partial charge is 0.479 e. The number of unbranched alkanes of at least 4 members (excludes halogenated alkanes) is 3. The second-order valence-corrected chi connectivity index (χ2v) is 6.37. The first-order valence-corrected chi connectivity index (χ1v) is 8.87. The average molecular weight is 451 g/mol. The van der Waals surface area contributed by atoms with E-state index in [0.29, 0.717) is 6.42 Å². The van der Waals surface area contributed by atoms with Crippen LogP contribution in [0.15, 0.2) is 0 Å². The van der Waals surface area contributed by atoms with Crippen LogP contribution in [0.2, 0.25) is 0 Å². The maximum atomic E-state index is 13.2. The Morgan fingerprint density at radius 2 is 1.27 bits per heavy atom. The van der Waals surface area contributed by atoms with Gasteiger partial charge in [-0.1, -0.05) is 6.42 Å². The monoisotopic (exact) mass is 451 g/mol. The van der Waals surface area contributed by atoms with Gasteiger partial charge >= 0.3 is 24.2 Å². The molecule has 0 aromatic heterocycles. The summed E-state index contributed by atoms with van der Waals surface area (Å²) in [5.74, 6) is -10.9. The summed E-state index contributed by atoms with van der Waals surface area (Å²) in [4.78, 5) is 46.9. The normalized spacial score (nSPS) is 14.1. The minimum absolute atomic E-state index is 0.157. The molecule has 0 unspecified atom stereocenters. The number of carboxylic acid groups (broad SMARTS) is 1. The average Bonchev–Trinajstić information content (AvgIpc) is 2.61. The number of rotatable bonds is 12. The van der Waals surface area contributed by atoms with E-state index in [1.54, 1.807) is 0 Å². The smallest absolute Gasteiger partial charge is 0.471 e. The molecule has 0 saturated heterocycles. The van der Waals surface area contributed by atoms with Gasteiger partial charge in [0.25, 0.3) is 5.78 Å². The Bertz CT molecular complexity index is 638. The van der Waals surface area contributed by atoms with Crippen molar-refractivity contribution in [3.63, 3.8) is 0 Å². The third-order valence-corrected chi connectivity index (χ3v) is 4.15. The number of carbonyl (C=O) groups excluding carboxylic acids is 3. The van der Waals surface area contributed by atoms with Crippen LogP contribution in [0.25, 0.3) is 0 Å². The van der Waals surface area contributed by atoms with Crippen molar-refractivity contribution in [2.45, 2.75) is 62.8 Å². The lowest BCUT2D eigenvalue weighted by Crippen LogP contribution is -2.68. The molecule has 0 saturated carbocycles. The second kappa shape index (κ2) is 11.2. The Hall–Kier alpha value is -2.22. The zero-order valence-electron chi connectivity index (χ0n) is 15.8. The van der Waals surface area contributed by atoms with Crippen molar-refractivity contribution in [1.82, 2.24) is 4.90 Å². The zero-order chi connectivity index (χ0) is 23.8. The fourth-order valence-corrected chi connectivity index (χ4v) is 2.72. The van der Waals surface area contributed by atoms with Gasteiger partial charge in [0.1, 0.15) is 0 Å². The quantitative estimate of drug-likeness (QED) is 0.232. The van der Waals surface area contributed by atoms with E-state index >= 15 is 0 Å². The summed E-state index contributed by atoms with van der Waals surface area (Å²) in [5, 5.41) is 9.42. The van der Waals surface area contributed by atoms with E-state index in [9.17, 15) is 50.6 Å². The van der Waals surface area contributed by atoms with Crippen LogP contribution >= 0.6 is 0 Å². The molecule has 0 bridgehead atoms. The zero-order valence-corrected chi connectivity index (χ0v) is 15.8. The summed E-state index contributed by atoms with van der Waals surface area (Å²) in [5.41, 5.74) is 6.28. The maximum absolute atomic E-state index is 13.2. The first-order chi connectivity index (χ1) is 13.7. The van der Waals surface area contributed by atoms with Crippen LogP contribution in [0.4, 0.5) is 26.3 Å². The van der Waals surface area contributed by atoms with E-state index in [4.69, 9.17) is 11.5 Å². The highest BCUT2D eigenvalue weighted by Gasteiger charge is 2.66. The molecule has 0 heterocycles. The van der Waals surface area contributed by atoms with Gasteiger partial charge in [-0.2, -0.15) is 26.3 Å². The Balaban J connectivity index is 6.54. The molecule has 0 aliphatic rings. The molecule has 0 rings (SSSR count). The van der Waals surface area contributed by atoms with E-state index in [-0.39, 0.29) is 32.4 Å². The lowest BCUT2D eigenvalue weighted by atomic mass is 9.84. The maximum Gasteiger partial charge on any atom is 0.471 e. The van der Waals surface area contributed by atoms with Gasteiger partial charge in [-0.05, 0) is 45.2 Å². The van der Waals surface area contributed by atoms with Gasteiger partial charge in [-0.15, -0.1) is 0 Å². The third kappa shape index (κ3) is 6.93. The number of ketones is 1. The molecule has 0 spiro atoms. The summed E-state index contributed by atoms with van der Waals surface area (Å²) in [6, 6.07) is 0. The minimum Gasteiger partial charge on any atom is -0.479 e. The molecule has 0 aromatic rings. The number of alkyl halides is 6. The lowest BCUT2D eigenvalue weighted by Gasteiger charge is -2.38. The minimum atomic E-state index is -5.94. The van der Waals surface area contributed by atoms with Gasteiger partial charge < -0.3 is 16.6 Å².